The van der Waals surface area contributed by atoms with Crippen LogP contribution in [0.3, 0.4) is 0 Å². The summed E-state index contributed by atoms with van der Waals surface area (Å²) in [4.78, 5) is 0. The molecule has 0 fully saturated rings. The molecule has 2 aromatic heterocycles. The van der Waals surface area contributed by atoms with E-state index in [4.69, 9.17) is 11.6 Å². The second-order valence-electron chi connectivity index (χ2n) is 5.45. The van der Waals surface area contributed by atoms with Crippen molar-refractivity contribution in [2.24, 2.45) is 0 Å². The van der Waals surface area contributed by atoms with Crippen LogP contribution >= 0.6 is 11.6 Å². The minimum atomic E-state index is 0.121. The first-order chi connectivity index (χ1) is 12.2. The lowest BCUT2D eigenvalue weighted by Gasteiger charge is -2.05. The van der Waals surface area contributed by atoms with E-state index >= 15 is 0 Å². The fourth-order valence-corrected chi connectivity index (χ4v) is 2.71. The molecule has 0 saturated carbocycles. The molecule has 0 radical (unpaired) electrons. The Bertz CT molecular complexity index is 993. The first kappa shape index (κ1) is 15.3. The van der Waals surface area contributed by atoms with Crippen molar-refractivity contribution in [2.45, 2.75) is 0 Å². The third-order valence-corrected chi connectivity index (χ3v) is 4.05. The summed E-state index contributed by atoms with van der Waals surface area (Å²) >= 11 is 6.10. The van der Waals surface area contributed by atoms with E-state index in [2.05, 4.69) is 20.6 Å². The lowest BCUT2D eigenvalue weighted by atomic mass is 10.1. The van der Waals surface area contributed by atoms with E-state index in [1.165, 1.54) is 6.07 Å². The summed E-state index contributed by atoms with van der Waals surface area (Å²) in [5.74, 6) is 0.759. The fraction of sp³-hybridized carbons (Fsp3) is 0. The SMILES string of the molecule is Oc1ccc(Nc2cc(-c3ccc(-n4cccn4)cc3)[nH]n2)c(Cl)c1. The summed E-state index contributed by atoms with van der Waals surface area (Å²) in [6, 6.07) is 16.5. The number of phenols is 1. The second kappa shape index (κ2) is 6.33. The Hall–Kier alpha value is -3.25. The number of aromatic nitrogens is 4. The molecule has 0 unspecified atom stereocenters. The molecule has 0 aliphatic heterocycles. The molecule has 2 heterocycles. The maximum atomic E-state index is 9.41. The number of phenolic OH excluding ortho intramolecular Hbond substituents is 1. The van der Waals surface area contributed by atoms with Crippen molar-refractivity contribution in [3.63, 3.8) is 0 Å². The Balaban J connectivity index is 1.54. The summed E-state index contributed by atoms with van der Waals surface area (Å²) in [5, 5.41) is 24.4. The molecule has 7 heteroatoms. The highest BCUT2D eigenvalue weighted by molar-refractivity contribution is 6.33. The number of anilines is 2. The molecule has 0 bridgehead atoms. The molecule has 6 nitrogen and oxygen atoms in total. The van der Waals surface area contributed by atoms with Gasteiger partial charge in [-0.15, -0.1) is 0 Å². The van der Waals surface area contributed by atoms with Crippen molar-refractivity contribution in [1.29, 1.82) is 0 Å². The van der Waals surface area contributed by atoms with Crippen molar-refractivity contribution >= 4 is 23.1 Å². The van der Waals surface area contributed by atoms with Gasteiger partial charge in [0.2, 0.25) is 0 Å². The quantitative estimate of drug-likeness (QED) is 0.477. The minimum absolute atomic E-state index is 0.121. The summed E-state index contributed by atoms with van der Waals surface area (Å²) in [7, 11) is 0. The van der Waals surface area contributed by atoms with E-state index in [1.807, 2.05) is 42.6 Å². The Labute approximate surface area is 148 Å². The van der Waals surface area contributed by atoms with E-state index in [-0.39, 0.29) is 5.75 Å². The maximum Gasteiger partial charge on any atom is 0.152 e. The molecule has 0 saturated heterocycles. The van der Waals surface area contributed by atoms with E-state index in [9.17, 15) is 5.11 Å². The predicted octanol–water partition coefficient (Wildman–Crippen LogP) is 4.37. The highest BCUT2D eigenvalue weighted by Crippen LogP contribution is 2.29. The van der Waals surface area contributed by atoms with Crippen LogP contribution in [0.15, 0.2) is 67.0 Å². The average Bonchev–Trinajstić information content (AvgIpc) is 3.30. The van der Waals surface area contributed by atoms with Crippen molar-refractivity contribution in [1.82, 2.24) is 20.0 Å². The zero-order valence-electron chi connectivity index (χ0n) is 13.0. The Morgan fingerprint density at radius 3 is 2.64 bits per heavy atom. The van der Waals surface area contributed by atoms with Gasteiger partial charge in [0.1, 0.15) is 5.75 Å². The summed E-state index contributed by atoms with van der Waals surface area (Å²) in [6.45, 7) is 0. The smallest absolute Gasteiger partial charge is 0.152 e. The van der Waals surface area contributed by atoms with Gasteiger partial charge in [-0.2, -0.15) is 10.2 Å². The first-order valence-corrected chi connectivity index (χ1v) is 7.98. The number of hydrogen-bond acceptors (Lipinski definition) is 4. The lowest BCUT2D eigenvalue weighted by Crippen LogP contribution is -1.93. The number of rotatable bonds is 4. The maximum absolute atomic E-state index is 9.41. The topological polar surface area (TPSA) is 78.8 Å². The molecule has 4 aromatic rings. The van der Waals surface area contributed by atoms with Crippen LogP contribution in [0.25, 0.3) is 16.9 Å². The molecular weight excluding hydrogens is 338 g/mol. The molecule has 0 aliphatic rings. The molecule has 0 aliphatic carbocycles. The van der Waals surface area contributed by atoms with Crippen LogP contribution in [-0.2, 0) is 0 Å². The summed E-state index contributed by atoms with van der Waals surface area (Å²) in [6.07, 6.45) is 3.64. The number of halogens is 1. The van der Waals surface area contributed by atoms with Gasteiger partial charge in [0.15, 0.2) is 5.82 Å². The van der Waals surface area contributed by atoms with Gasteiger partial charge < -0.3 is 10.4 Å². The number of benzene rings is 2. The number of aromatic hydroxyl groups is 1. The number of nitrogens with zero attached hydrogens (tertiary/aromatic N) is 3. The van der Waals surface area contributed by atoms with E-state index in [1.54, 1.807) is 23.0 Å². The molecule has 2 aromatic carbocycles. The highest BCUT2D eigenvalue weighted by Gasteiger charge is 2.07. The molecular formula is C18H14ClN5O. The molecule has 0 amide bonds. The van der Waals surface area contributed by atoms with E-state index in [0.717, 1.165) is 16.9 Å². The second-order valence-corrected chi connectivity index (χ2v) is 5.86. The minimum Gasteiger partial charge on any atom is -0.508 e. The van der Waals surface area contributed by atoms with Gasteiger partial charge >= 0.3 is 0 Å². The molecule has 124 valence electrons. The van der Waals surface area contributed by atoms with Crippen molar-refractivity contribution in [2.75, 3.05) is 5.32 Å². The number of nitrogens with one attached hydrogen (secondary N) is 2. The van der Waals surface area contributed by atoms with Gasteiger partial charge in [0, 0.05) is 24.5 Å². The van der Waals surface area contributed by atoms with Gasteiger partial charge in [0.25, 0.3) is 0 Å². The zero-order valence-corrected chi connectivity index (χ0v) is 13.8. The predicted molar refractivity (Wildman–Crippen MR) is 97.5 cm³/mol. The average molecular weight is 352 g/mol. The van der Waals surface area contributed by atoms with Crippen LogP contribution < -0.4 is 5.32 Å². The van der Waals surface area contributed by atoms with Gasteiger partial charge in [-0.1, -0.05) is 23.7 Å². The Morgan fingerprint density at radius 2 is 1.92 bits per heavy atom. The van der Waals surface area contributed by atoms with Crippen molar-refractivity contribution < 1.29 is 5.11 Å². The van der Waals surface area contributed by atoms with Gasteiger partial charge in [-0.05, 0) is 35.9 Å². The van der Waals surface area contributed by atoms with Crippen LogP contribution in [0, 0.1) is 0 Å². The summed E-state index contributed by atoms with van der Waals surface area (Å²) < 4.78 is 1.80. The first-order valence-electron chi connectivity index (χ1n) is 7.60. The van der Waals surface area contributed by atoms with Crippen molar-refractivity contribution in [3.05, 3.63) is 72.0 Å². The number of H-pyrrole nitrogens is 1. The van der Waals surface area contributed by atoms with Gasteiger partial charge in [0.05, 0.1) is 22.1 Å². The van der Waals surface area contributed by atoms with Crippen LogP contribution in [0.2, 0.25) is 5.02 Å². The fourth-order valence-electron chi connectivity index (χ4n) is 2.49. The van der Waals surface area contributed by atoms with Gasteiger partial charge in [-0.3, -0.25) is 5.10 Å². The number of hydrogen-bond donors (Lipinski definition) is 3. The molecule has 0 atom stereocenters. The third kappa shape index (κ3) is 3.20. The lowest BCUT2D eigenvalue weighted by molar-refractivity contribution is 0.475. The standard InChI is InChI=1S/C18H14ClN5O/c19-15-10-14(25)6-7-16(15)21-18-11-17(22-23-18)12-2-4-13(5-3-12)24-9-1-8-20-24/h1-11,25H,(H2,21,22,23). The Kier molecular flexibility index (Phi) is 3.87. The molecule has 3 N–H and O–H groups in total. The van der Waals surface area contributed by atoms with E-state index < -0.39 is 0 Å². The van der Waals surface area contributed by atoms with Crippen LogP contribution in [0.4, 0.5) is 11.5 Å². The molecule has 4 rings (SSSR count). The Morgan fingerprint density at radius 1 is 1.08 bits per heavy atom. The van der Waals surface area contributed by atoms with Gasteiger partial charge in [-0.25, -0.2) is 4.68 Å². The largest absolute Gasteiger partial charge is 0.508 e. The van der Waals surface area contributed by atoms with Crippen LogP contribution in [0.1, 0.15) is 0 Å². The van der Waals surface area contributed by atoms with Crippen LogP contribution in [0.5, 0.6) is 5.75 Å². The molecule has 25 heavy (non-hydrogen) atoms. The van der Waals surface area contributed by atoms with E-state index in [0.29, 0.717) is 16.5 Å². The van der Waals surface area contributed by atoms with Crippen molar-refractivity contribution in [3.8, 4) is 22.7 Å². The van der Waals surface area contributed by atoms with Crippen LogP contribution in [-0.4, -0.2) is 25.1 Å². The summed E-state index contributed by atoms with van der Waals surface area (Å²) in [5.41, 5.74) is 3.55. The highest BCUT2D eigenvalue weighted by atomic mass is 35.5. The number of aromatic amines is 1. The molecule has 0 spiro atoms. The normalized spacial score (nSPS) is 10.8. The third-order valence-electron chi connectivity index (χ3n) is 3.74. The monoisotopic (exact) mass is 351 g/mol. The zero-order chi connectivity index (χ0) is 17.2.